The SMILES string of the molecule is CCc1cc(Nc2ncc(Br)c(Nc3ccc4nc(C)ncc4c3P(C)(C)=O)n2)c(OC)cc1N1CCC(N2CCN(CCc3cc(F)c(C4CCCNC4)c(F)c3)CC2)CC1. The smallest absolute Gasteiger partial charge is 0.229 e. The molecule has 2 aromatic heterocycles. The van der Waals surface area contributed by atoms with Gasteiger partial charge in [0, 0.05) is 105 Å². The molecular weight excluding hydrogens is 873 g/mol. The Kier molecular flexibility index (Phi) is 13.8. The van der Waals surface area contributed by atoms with Crippen molar-refractivity contribution in [3.05, 3.63) is 87.4 Å². The number of hydrogen-bond donors (Lipinski definition) is 3. The normalized spacial score (nSPS) is 18.3. The van der Waals surface area contributed by atoms with Crippen LogP contribution in [0.25, 0.3) is 10.9 Å². The minimum atomic E-state index is -2.76. The molecule has 330 valence electrons. The van der Waals surface area contributed by atoms with E-state index in [0.717, 1.165) is 107 Å². The first kappa shape index (κ1) is 44.3. The summed E-state index contributed by atoms with van der Waals surface area (Å²) in [7, 11) is -1.08. The lowest BCUT2D eigenvalue weighted by Crippen LogP contribution is -2.53. The van der Waals surface area contributed by atoms with Gasteiger partial charge in [-0.15, -0.1) is 0 Å². The molecule has 3 aliphatic heterocycles. The third kappa shape index (κ3) is 9.92. The predicted octanol–water partition coefficient (Wildman–Crippen LogP) is 8.37. The fourth-order valence-electron chi connectivity index (χ4n) is 9.47. The average Bonchev–Trinajstić information content (AvgIpc) is 3.26. The minimum absolute atomic E-state index is 0.0880. The number of methoxy groups -OCH3 is 1. The van der Waals surface area contributed by atoms with Gasteiger partial charge < -0.3 is 35.1 Å². The van der Waals surface area contributed by atoms with E-state index in [9.17, 15) is 4.57 Å². The molecule has 3 saturated heterocycles. The molecule has 0 bridgehead atoms. The molecular formula is C46H58BrF2N10O2P. The molecule has 1 unspecified atom stereocenters. The molecule has 3 aromatic carbocycles. The summed E-state index contributed by atoms with van der Waals surface area (Å²) in [6, 6.07) is 11.7. The Morgan fingerprint density at radius 2 is 1.69 bits per heavy atom. The molecule has 1 atom stereocenters. The Labute approximate surface area is 372 Å². The molecule has 5 heterocycles. The van der Waals surface area contributed by atoms with E-state index in [0.29, 0.717) is 57.8 Å². The van der Waals surface area contributed by atoms with Crippen molar-refractivity contribution in [3.8, 4) is 5.75 Å². The van der Waals surface area contributed by atoms with Gasteiger partial charge in [0.2, 0.25) is 5.95 Å². The summed E-state index contributed by atoms with van der Waals surface area (Å²) < 4.78 is 50.4. The number of nitrogens with zero attached hydrogens (tertiary/aromatic N) is 7. The summed E-state index contributed by atoms with van der Waals surface area (Å²) in [5.74, 6) is 1.37. The number of halogens is 3. The third-order valence-corrected chi connectivity index (χ3v) is 14.8. The van der Waals surface area contributed by atoms with E-state index in [1.165, 1.54) is 11.3 Å². The molecule has 0 spiro atoms. The van der Waals surface area contributed by atoms with Gasteiger partial charge in [0.1, 0.15) is 36.2 Å². The number of nitrogens with one attached hydrogen (secondary N) is 3. The van der Waals surface area contributed by atoms with Gasteiger partial charge in [0.25, 0.3) is 0 Å². The summed E-state index contributed by atoms with van der Waals surface area (Å²) in [6.07, 6.45) is 8.84. The van der Waals surface area contributed by atoms with Gasteiger partial charge in [-0.3, -0.25) is 4.90 Å². The molecule has 0 radical (unpaired) electrons. The molecule has 3 N–H and O–H groups in total. The van der Waals surface area contributed by atoms with Crippen LogP contribution in [0.1, 0.15) is 61.0 Å². The van der Waals surface area contributed by atoms with E-state index in [1.54, 1.807) is 45.0 Å². The summed E-state index contributed by atoms with van der Waals surface area (Å²) in [5, 5.41) is 11.5. The van der Waals surface area contributed by atoms with Crippen LogP contribution in [0.2, 0.25) is 0 Å². The van der Waals surface area contributed by atoms with E-state index in [2.05, 4.69) is 80.6 Å². The Hall–Kier alpha value is -4.27. The van der Waals surface area contributed by atoms with Gasteiger partial charge in [-0.05, 0) is 123 Å². The zero-order valence-corrected chi connectivity index (χ0v) is 38.9. The fraction of sp³-hybridized carbons (Fsp3) is 0.478. The second-order valence-corrected chi connectivity index (χ2v) is 21.2. The van der Waals surface area contributed by atoms with Gasteiger partial charge in [0.05, 0.1) is 28.5 Å². The van der Waals surface area contributed by atoms with Crippen molar-refractivity contribution in [3.63, 3.8) is 0 Å². The van der Waals surface area contributed by atoms with E-state index in [4.69, 9.17) is 9.72 Å². The number of hydrogen-bond acceptors (Lipinski definition) is 12. The lowest BCUT2D eigenvalue weighted by molar-refractivity contribution is 0.0855. The van der Waals surface area contributed by atoms with Crippen molar-refractivity contribution >= 4 is 68.1 Å². The van der Waals surface area contributed by atoms with Crippen molar-refractivity contribution in [1.29, 1.82) is 0 Å². The lowest BCUT2D eigenvalue weighted by Gasteiger charge is -2.43. The van der Waals surface area contributed by atoms with E-state index >= 15 is 8.78 Å². The molecule has 12 nitrogen and oxygen atoms in total. The summed E-state index contributed by atoms with van der Waals surface area (Å²) in [6.45, 7) is 15.7. The Morgan fingerprint density at radius 1 is 0.935 bits per heavy atom. The van der Waals surface area contributed by atoms with E-state index in [-0.39, 0.29) is 11.5 Å². The highest BCUT2D eigenvalue weighted by atomic mass is 79.9. The molecule has 16 heteroatoms. The average molecular weight is 932 g/mol. The number of fused-ring (bicyclic) bond motifs is 1. The Bertz CT molecular complexity index is 2430. The highest BCUT2D eigenvalue weighted by Crippen LogP contribution is 2.42. The largest absolute Gasteiger partial charge is 0.494 e. The highest BCUT2D eigenvalue weighted by Gasteiger charge is 2.30. The zero-order chi connectivity index (χ0) is 43.5. The van der Waals surface area contributed by atoms with Crippen LogP contribution < -0.4 is 30.9 Å². The monoisotopic (exact) mass is 930 g/mol. The Balaban J connectivity index is 0.878. The van der Waals surface area contributed by atoms with Crippen molar-refractivity contribution in [1.82, 2.24) is 35.1 Å². The fourth-order valence-corrected chi connectivity index (χ4v) is 11.2. The van der Waals surface area contributed by atoms with Crippen LogP contribution in [0.15, 0.2) is 53.3 Å². The van der Waals surface area contributed by atoms with Gasteiger partial charge in [-0.2, -0.15) is 4.98 Å². The van der Waals surface area contributed by atoms with Gasteiger partial charge >= 0.3 is 0 Å². The standard InChI is InChI=1S/C46H58BrF2N10O2P/c1-6-31-24-40(55-46-52-28-35(47)45(56-46)54-39-10-9-38-34(27-51-29(2)53-38)44(39)62(4,5)60)42(61-3)25-41(31)59-16-12-33(13-17-59)58-20-18-57(19-21-58)15-11-30-22-36(48)43(37(49)23-30)32-8-7-14-50-26-32/h9-10,22-25,27-28,32-33,50H,6-8,11-21,26H2,1-5H3,(H2,52,54,55,56). The molecule has 0 aliphatic carbocycles. The molecule has 3 fully saturated rings. The predicted molar refractivity (Wildman–Crippen MR) is 250 cm³/mol. The van der Waals surface area contributed by atoms with Gasteiger partial charge in [-0.25, -0.2) is 23.7 Å². The number of aromatic nitrogens is 4. The van der Waals surface area contributed by atoms with Crippen LogP contribution >= 0.6 is 23.1 Å². The quantitative estimate of drug-likeness (QED) is 0.0984. The van der Waals surface area contributed by atoms with Crippen LogP contribution in [0.4, 0.5) is 37.6 Å². The van der Waals surface area contributed by atoms with Crippen molar-refractivity contribution in [2.75, 3.05) is 94.9 Å². The van der Waals surface area contributed by atoms with Gasteiger partial charge in [0.15, 0.2) is 0 Å². The van der Waals surface area contributed by atoms with Crippen LogP contribution in [-0.4, -0.2) is 115 Å². The molecule has 0 saturated carbocycles. The van der Waals surface area contributed by atoms with Crippen molar-refractivity contribution in [2.24, 2.45) is 0 Å². The number of piperazine rings is 1. The van der Waals surface area contributed by atoms with E-state index < -0.39 is 18.8 Å². The first-order valence-corrected chi connectivity index (χ1v) is 25.3. The number of rotatable bonds is 13. The van der Waals surface area contributed by atoms with Crippen LogP contribution in [-0.2, 0) is 17.4 Å². The van der Waals surface area contributed by atoms with Crippen LogP contribution in [0.3, 0.4) is 0 Å². The second kappa shape index (κ2) is 19.2. The Morgan fingerprint density at radius 3 is 2.37 bits per heavy atom. The summed E-state index contributed by atoms with van der Waals surface area (Å²) in [4.78, 5) is 25.9. The maximum Gasteiger partial charge on any atom is 0.229 e. The molecule has 5 aromatic rings. The first-order valence-electron chi connectivity index (χ1n) is 21.9. The molecule has 3 aliphatic rings. The molecule has 0 amide bonds. The van der Waals surface area contributed by atoms with Crippen LogP contribution in [0, 0.1) is 18.6 Å². The minimum Gasteiger partial charge on any atom is -0.494 e. The zero-order valence-electron chi connectivity index (χ0n) is 36.4. The number of aryl methyl sites for hydroxylation is 2. The topological polar surface area (TPSA) is 124 Å². The lowest BCUT2D eigenvalue weighted by atomic mass is 9.90. The summed E-state index contributed by atoms with van der Waals surface area (Å²) >= 11 is 3.61. The number of piperidine rings is 2. The number of ether oxygens (including phenoxy) is 1. The highest BCUT2D eigenvalue weighted by molar-refractivity contribution is 9.10. The summed E-state index contributed by atoms with van der Waals surface area (Å²) in [5.41, 5.74) is 5.55. The third-order valence-electron chi connectivity index (χ3n) is 12.7. The molecule has 8 rings (SSSR count). The second-order valence-electron chi connectivity index (χ2n) is 17.2. The maximum atomic E-state index is 15.1. The van der Waals surface area contributed by atoms with Crippen LogP contribution in [0.5, 0.6) is 5.75 Å². The number of anilines is 5. The molecule has 62 heavy (non-hydrogen) atoms. The van der Waals surface area contributed by atoms with Crippen molar-refractivity contribution < 1.29 is 18.1 Å². The first-order chi connectivity index (χ1) is 29.9. The van der Waals surface area contributed by atoms with E-state index in [1.807, 2.05) is 19.1 Å². The van der Waals surface area contributed by atoms with Gasteiger partial charge in [-0.1, -0.05) is 6.92 Å². The maximum absolute atomic E-state index is 15.1. The van der Waals surface area contributed by atoms with Crippen molar-refractivity contribution in [2.45, 2.75) is 64.3 Å². The number of benzene rings is 3.